The number of fused-ring (bicyclic) bond motifs is 1. The summed E-state index contributed by atoms with van der Waals surface area (Å²) in [4.78, 5) is 24.2. The van der Waals surface area contributed by atoms with Crippen LogP contribution in [0.5, 0.6) is 0 Å². The fourth-order valence-electron chi connectivity index (χ4n) is 3.91. The molecule has 1 fully saturated rings. The first-order valence-corrected chi connectivity index (χ1v) is 13.0. The number of carboxylic acid groups (broad SMARTS) is 1. The zero-order chi connectivity index (χ0) is 26.5. The third-order valence-electron chi connectivity index (χ3n) is 6.12. The average molecular weight is 562 g/mol. The first kappa shape index (κ1) is 25.2. The third-order valence-corrected chi connectivity index (χ3v) is 9.01. The van der Waals surface area contributed by atoms with Gasteiger partial charge < -0.3 is 9.84 Å². The number of amides is 1. The van der Waals surface area contributed by atoms with Gasteiger partial charge in [0.05, 0.1) is 26.0 Å². The molecular weight excluding hydrogens is 544 g/mol. The maximum atomic E-state index is 15.1. The molecule has 1 unspecified atom stereocenters. The predicted molar refractivity (Wildman–Crippen MR) is 137 cm³/mol. The van der Waals surface area contributed by atoms with Gasteiger partial charge in [0.25, 0.3) is 0 Å². The summed E-state index contributed by atoms with van der Waals surface area (Å²) in [7, 11) is 1.59. The Bertz CT molecular complexity index is 1630. The SMILES string of the molecule is CC(OC(=O)Nc1c(C#Cc2sc3sc(C4(C(=O)O)CC4)c(F)c3c2F)cnn1C)c1ccccc1Cl. The maximum Gasteiger partial charge on any atom is 0.413 e. The van der Waals surface area contributed by atoms with Crippen LogP contribution in [0.25, 0.3) is 9.40 Å². The molecule has 0 saturated heterocycles. The van der Waals surface area contributed by atoms with Gasteiger partial charge in [-0.2, -0.15) is 5.10 Å². The second-order valence-corrected chi connectivity index (χ2v) is 11.2. The van der Waals surface area contributed by atoms with Crippen molar-refractivity contribution in [1.82, 2.24) is 9.78 Å². The lowest BCUT2D eigenvalue weighted by atomic mass is 10.0. The van der Waals surface area contributed by atoms with Crippen LogP contribution < -0.4 is 5.32 Å². The van der Waals surface area contributed by atoms with Gasteiger partial charge in [0, 0.05) is 17.6 Å². The molecule has 1 aliphatic rings. The van der Waals surface area contributed by atoms with E-state index < -0.39 is 35.2 Å². The molecule has 1 saturated carbocycles. The number of ether oxygens (including phenoxy) is 1. The second kappa shape index (κ2) is 9.45. The first-order valence-electron chi connectivity index (χ1n) is 11.0. The molecule has 1 aliphatic carbocycles. The van der Waals surface area contributed by atoms with Gasteiger partial charge in [-0.3, -0.25) is 14.8 Å². The summed E-state index contributed by atoms with van der Waals surface area (Å²) in [6, 6.07) is 7.00. The largest absolute Gasteiger partial charge is 0.481 e. The molecule has 37 heavy (non-hydrogen) atoms. The van der Waals surface area contributed by atoms with Gasteiger partial charge in [-0.25, -0.2) is 13.6 Å². The summed E-state index contributed by atoms with van der Waals surface area (Å²) in [6.07, 6.45) is 0.676. The molecular formula is C25H18ClF2N3O4S2. The highest BCUT2D eigenvalue weighted by atomic mass is 35.5. The Kier molecular flexibility index (Phi) is 6.43. The Balaban J connectivity index is 1.37. The molecule has 7 nitrogen and oxygen atoms in total. The van der Waals surface area contributed by atoms with Crippen molar-refractivity contribution in [1.29, 1.82) is 0 Å². The minimum Gasteiger partial charge on any atom is -0.481 e. The van der Waals surface area contributed by atoms with E-state index in [1.54, 1.807) is 38.2 Å². The molecule has 1 aromatic carbocycles. The highest BCUT2D eigenvalue weighted by molar-refractivity contribution is 7.38. The summed E-state index contributed by atoms with van der Waals surface area (Å²) < 4.78 is 37.2. The summed E-state index contributed by atoms with van der Waals surface area (Å²) in [5.74, 6) is 2.92. The van der Waals surface area contributed by atoms with Crippen molar-refractivity contribution in [2.24, 2.45) is 7.05 Å². The molecule has 190 valence electrons. The monoisotopic (exact) mass is 561 g/mol. The van der Waals surface area contributed by atoms with Gasteiger partial charge in [0.1, 0.15) is 28.0 Å². The fraction of sp³-hybridized carbons (Fsp3) is 0.240. The summed E-state index contributed by atoms with van der Waals surface area (Å²) in [5.41, 5.74) is -0.311. The molecule has 2 N–H and O–H groups in total. The zero-order valence-corrected chi connectivity index (χ0v) is 21.8. The smallest absolute Gasteiger partial charge is 0.413 e. The number of hydrogen-bond donors (Lipinski definition) is 2. The standard InChI is InChI=1S/C25H18ClF2N3O4S2/c1-12(14-5-3-4-6-15(14)26)35-24(34)30-21-13(11-29-31(21)2)7-8-16-18(27)17-19(28)20(37-22(17)36-16)25(9-10-25)23(32)33/h3-6,11-12H,9-10H2,1-2H3,(H,30,34)(H,32,33). The highest BCUT2D eigenvalue weighted by Crippen LogP contribution is 2.54. The highest BCUT2D eigenvalue weighted by Gasteiger charge is 2.55. The molecule has 0 bridgehead atoms. The van der Waals surface area contributed by atoms with E-state index in [0.717, 1.165) is 22.7 Å². The number of nitrogens with zero attached hydrogens (tertiary/aromatic N) is 2. The summed E-state index contributed by atoms with van der Waals surface area (Å²) in [6.45, 7) is 1.68. The van der Waals surface area contributed by atoms with Crippen LogP contribution >= 0.6 is 34.3 Å². The topological polar surface area (TPSA) is 93.4 Å². The van der Waals surface area contributed by atoms with E-state index in [9.17, 15) is 14.7 Å². The van der Waals surface area contributed by atoms with Crippen LogP contribution in [0.1, 0.15) is 46.8 Å². The number of aliphatic carboxylic acids is 1. The lowest BCUT2D eigenvalue weighted by Gasteiger charge is -2.15. The number of carboxylic acids is 1. The Morgan fingerprint density at radius 2 is 1.97 bits per heavy atom. The van der Waals surface area contributed by atoms with E-state index in [2.05, 4.69) is 22.3 Å². The lowest BCUT2D eigenvalue weighted by Crippen LogP contribution is -2.19. The number of anilines is 1. The molecule has 5 rings (SSSR count). The van der Waals surface area contributed by atoms with E-state index in [-0.39, 0.29) is 21.0 Å². The summed E-state index contributed by atoms with van der Waals surface area (Å²) in [5, 5.41) is 16.4. The lowest BCUT2D eigenvalue weighted by molar-refractivity contribution is -0.140. The van der Waals surface area contributed by atoms with Crippen molar-refractivity contribution in [3.8, 4) is 11.8 Å². The number of benzene rings is 1. The molecule has 4 aromatic rings. The van der Waals surface area contributed by atoms with E-state index in [1.165, 1.54) is 10.9 Å². The Morgan fingerprint density at radius 1 is 1.24 bits per heavy atom. The van der Waals surface area contributed by atoms with Crippen molar-refractivity contribution in [2.75, 3.05) is 5.32 Å². The van der Waals surface area contributed by atoms with Crippen molar-refractivity contribution < 1.29 is 28.2 Å². The Labute approximate surface area is 222 Å². The minimum atomic E-state index is -1.25. The van der Waals surface area contributed by atoms with Crippen LogP contribution in [-0.2, 0) is 22.0 Å². The van der Waals surface area contributed by atoms with Gasteiger partial charge in [-0.1, -0.05) is 35.7 Å². The number of carbonyl (C=O) groups is 2. The van der Waals surface area contributed by atoms with E-state index in [1.807, 2.05) is 0 Å². The van der Waals surface area contributed by atoms with Gasteiger partial charge in [0.2, 0.25) is 0 Å². The maximum absolute atomic E-state index is 15.1. The molecule has 0 aliphatic heterocycles. The Hall–Kier alpha value is -3.46. The van der Waals surface area contributed by atoms with Crippen molar-refractivity contribution in [3.05, 3.63) is 68.0 Å². The van der Waals surface area contributed by atoms with Crippen LogP contribution in [0.2, 0.25) is 5.02 Å². The molecule has 12 heteroatoms. The molecule has 3 aromatic heterocycles. The van der Waals surface area contributed by atoms with Gasteiger partial charge in [-0.15, -0.1) is 22.7 Å². The van der Waals surface area contributed by atoms with Gasteiger partial charge in [0.15, 0.2) is 5.82 Å². The van der Waals surface area contributed by atoms with Crippen LogP contribution in [0.15, 0.2) is 30.5 Å². The number of aromatic nitrogens is 2. The number of aryl methyl sites for hydroxylation is 1. The zero-order valence-electron chi connectivity index (χ0n) is 19.4. The third kappa shape index (κ3) is 4.45. The minimum absolute atomic E-state index is 0.00315. The number of nitrogens with one attached hydrogen (secondary N) is 1. The van der Waals surface area contributed by atoms with Crippen molar-refractivity contribution in [3.63, 3.8) is 0 Å². The van der Waals surface area contributed by atoms with E-state index in [0.29, 0.717) is 33.0 Å². The number of thiophene rings is 2. The molecule has 3 heterocycles. The Morgan fingerprint density at radius 3 is 2.62 bits per heavy atom. The van der Waals surface area contributed by atoms with E-state index >= 15 is 8.78 Å². The number of hydrogen-bond acceptors (Lipinski definition) is 6. The average Bonchev–Trinajstić information content (AvgIpc) is 3.39. The van der Waals surface area contributed by atoms with Crippen molar-refractivity contribution >= 4 is 61.6 Å². The molecule has 1 atom stereocenters. The van der Waals surface area contributed by atoms with Gasteiger partial charge in [-0.05, 0) is 31.8 Å². The first-order chi connectivity index (χ1) is 17.6. The number of halogens is 3. The fourth-order valence-corrected chi connectivity index (χ4v) is 6.77. The number of rotatable bonds is 5. The van der Waals surface area contributed by atoms with E-state index in [4.69, 9.17) is 16.3 Å². The van der Waals surface area contributed by atoms with Crippen LogP contribution in [0.4, 0.5) is 19.4 Å². The van der Waals surface area contributed by atoms with Crippen LogP contribution in [0, 0.1) is 23.5 Å². The molecule has 0 spiro atoms. The van der Waals surface area contributed by atoms with Crippen LogP contribution in [0.3, 0.4) is 0 Å². The second-order valence-electron chi connectivity index (χ2n) is 8.51. The normalized spacial score (nSPS) is 14.6. The van der Waals surface area contributed by atoms with Crippen LogP contribution in [-0.4, -0.2) is 26.9 Å². The quantitative estimate of drug-likeness (QED) is 0.273. The van der Waals surface area contributed by atoms with Crippen molar-refractivity contribution in [2.45, 2.75) is 31.3 Å². The predicted octanol–water partition coefficient (Wildman–Crippen LogP) is 6.45. The molecule has 0 radical (unpaired) electrons. The summed E-state index contributed by atoms with van der Waals surface area (Å²) >= 11 is 8.07. The number of carbonyl (C=O) groups excluding carboxylic acids is 1. The van der Waals surface area contributed by atoms with Gasteiger partial charge >= 0.3 is 12.1 Å². The molecule has 1 amide bonds.